The largest absolute Gasteiger partial charge is 0.319 e. The molecule has 0 aliphatic carbocycles. The number of nitriles is 2. The minimum Gasteiger partial charge on any atom is -0.319 e. The number of aromatic nitrogens is 3. The summed E-state index contributed by atoms with van der Waals surface area (Å²) in [6, 6.07) is 9.99. The van der Waals surface area contributed by atoms with Crippen molar-refractivity contribution in [3.8, 4) is 18.1 Å². The third-order valence-corrected chi connectivity index (χ3v) is 5.81. The Morgan fingerprint density at radius 2 is 2.07 bits per heavy atom. The highest BCUT2D eigenvalue weighted by atomic mass is 35.5. The van der Waals surface area contributed by atoms with Gasteiger partial charge in [-0.1, -0.05) is 33.9 Å². The van der Waals surface area contributed by atoms with Gasteiger partial charge in [0.25, 0.3) is 5.91 Å². The number of hydrogen-bond acceptors (Lipinski definition) is 6. The van der Waals surface area contributed by atoms with Crippen LogP contribution in [0.25, 0.3) is 5.82 Å². The molecule has 0 saturated heterocycles. The van der Waals surface area contributed by atoms with Crippen LogP contribution in [0.2, 0.25) is 10.2 Å². The Balaban J connectivity index is 2.09. The molecular weight excluding hydrogens is 445 g/mol. The number of carbonyl (C=O) groups excluding carboxylic acids is 1. The normalized spacial score (nSPS) is 11.5. The molecule has 0 spiro atoms. The smallest absolute Gasteiger partial charge is 0.274 e. The summed E-state index contributed by atoms with van der Waals surface area (Å²) in [6.45, 7) is 1.75. The molecule has 0 aliphatic heterocycles. The topological polar surface area (TPSA) is 120 Å². The number of amides is 1. The van der Waals surface area contributed by atoms with Crippen LogP contribution in [0, 0.1) is 29.7 Å². The molecule has 8 nitrogen and oxygen atoms in total. The maximum Gasteiger partial charge on any atom is 0.274 e. The molecule has 1 atom stereocenters. The molecule has 1 N–H and O–H groups in total. The molecule has 0 fully saturated rings. The lowest BCUT2D eigenvalue weighted by atomic mass is 10.1. The van der Waals surface area contributed by atoms with Gasteiger partial charge in [-0.05, 0) is 43.0 Å². The molecule has 30 heavy (non-hydrogen) atoms. The Bertz CT molecular complexity index is 1270. The molecule has 0 saturated carbocycles. The van der Waals surface area contributed by atoms with Gasteiger partial charge in [0.1, 0.15) is 5.69 Å². The summed E-state index contributed by atoms with van der Waals surface area (Å²) in [7, 11) is -0.864. The van der Waals surface area contributed by atoms with Gasteiger partial charge in [-0.25, -0.2) is 9.67 Å². The van der Waals surface area contributed by atoms with Crippen molar-refractivity contribution in [2.75, 3.05) is 11.6 Å². The van der Waals surface area contributed by atoms with Crippen LogP contribution in [0.5, 0.6) is 0 Å². The van der Waals surface area contributed by atoms with Crippen LogP contribution in [0.1, 0.15) is 21.6 Å². The van der Waals surface area contributed by atoms with E-state index in [0.717, 1.165) is 0 Å². The van der Waals surface area contributed by atoms with Gasteiger partial charge in [0.05, 0.1) is 22.3 Å². The minimum atomic E-state index is -0.864. The fraction of sp³-hybridized carbons (Fsp3) is 0.105. The maximum atomic E-state index is 13.1. The van der Waals surface area contributed by atoms with Gasteiger partial charge >= 0.3 is 0 Å². The lowest BCUT2D eigenvalue weighted by Crippen LogP contribution is -2.19. The highest BCUT2D eigenvalue weighted by molar-refractivity contribution is 7.86. The van der Waals surface area contributed by atoms with E-state index in [9.17, 15) is 10.1 Å². The fourth-order valence-corrected chi connectivity index (χ4v) is 4.12. The van der Waals surface area contributed by atoms with Crippen LogP contribution >= 0.6 is 23.2 Å². The van der Waals surface area contributed by atoms with Crippen LogP contribution in [0.3, 0.4) is 0 Å². The molecule has 0 aliphatic rings. The van der Waals surface area contributed by atoms with Crippen LogP contribution in [-0.2, 0) is 10.7 Å². The monoisotopic (exact) mass is 457 g/mol. The Morgan fingerprint density at radius 3 is 2.73 bits per heavy atom. The van der Waals surface area contributed by atoms with Gasteiger partial charge in [-0.3, -0.25) is 4.79 Å². The van der Waals surface area contributed by atoms with Crippen molar-refractivity contribution in [3.63, 3.8) is 0 Å². The summed E-state index contributed by atoms with van der Waals surface area (Å²) < 4.78 is 5.09. The van der Waals surface area contributed by atoms with Crippen molar-refractivity contribution in [1.29, 1.82) is 10.5 Å². The average molecular weight is 458 g/mol. The first-order valence-electron chi connectivity index (χ1n) is 8.34. The molecule has 1 aromatic carbocycles. The number of rotatable bonds is 4. The minimum absolute atomic E-state index is 0.0911. The first kappa shape index (κ1) is 21.5. The molecular formula is C19H13Cl2N7OS. The molecule has 0 radical (unpaired) electrons. The predicted molar refractivity (Wildman–Crippen MR) is 115 cm³/mol. The highest BCUT2D eigenvalue weighted by Gasteiger charge is 2.21. The molecule has 3 aromatic rings. The molecule has 2 aromatic heterocycles. The Morgan fingerprint density at radius 1 is 1.30 bits per heavy atom. The van der Waals surface area contributed by atoms with E-state index < -0.39 is 16.6 Å². The van der Waals surface area contributed by atoms with E-state index in [-0.39, 0.29) is 16.7 Å². The number of anilines is 1. The van der Waals surface area contributed by atoms with E-state index in [2.05, 4.69) is 25.8 Å². The number of carbonyl (C=O) groups is 1. The fourth-order valence-electron chi connectivity index (χ4n) is 2.71. The molecule has 150 valence electrons. The van der Waals surface area contributed by atoms with E-state index in [1.165, 1.54) is 16.9 Å². The number of nitrogens with one attached hydrogen (secondary N) is 1. The molecule has 11 heteroatoms. The summed E-state index contributed by atoms with van der Waals surface area (Å²) in [5.41, 5.74) is 1.63. The summed E-state index contributed by atoms with van der Waals surface area (Å²) in [6.07, 6.45) is 5.01. The van der Waals surface area contributed by atoms with Gasteiger partial charge < -0.3 is 5.32 Å². The molecule has 1 unspecified atom stereocenters. The molecule has 1 amide bonds. The van der Waals surface area contributed by atoms with Gasteiger partial charge in [0.2, 0.25) is 6.19 Å². The molecule has 2 heterocycles. The zero-order valence-electron chi connectivity index (χ0n) is 15.7. The zero-order chi connectivity index (χ0) is 21.8. The summed E-state index contributed by atoms with van der Waals surface area (Å²) in [4.78, 5) is 17.8. The summed E-state index contributed by atoms with van der Waals surface area (Å²) in [5.74, 6) is -0.262. The second-order valence-electron chi connectivity index (χ2n) is 5.97. The Labute approximate surface area is 184 Å². The second-order valence-corrected chi connectivity index (χ2v) is 8.35. The second kappa shape index (κ2) is 9.06. The van der Waals surface area contributed by atoms with E-state index in [1.807, 2.05) is 0 Å². The standard InChI is InChI=1S/C19H13Cl2N7OS/c1-11-6-12(9-22)7-15(30(2)25-10-23)17(11)26-19(29)14-8-16(21)27-28(14)18-13(20)4-3-5-24-18/h3-8H,1-2H3,(H,26,29). The third kappa shape index (κ3) is 4.34. The number of halogens is 2. The van der Waals surface area contributed by atoms with Crippen LogP contribution in [0.15, 0.2) is 45.8 Å². The average Bonchev–Trinajstić information content (AvgIpc) is 3.11. The number of benzene rings is 1. The van der Waals surface area contributed by atoms with Gasteiger partial charge in [-0.15, -0.1) is 4.36 Å². The Hall–Kier alpha value is -3.24. The molecule has 3 rings (SSSR count). The van der Waals surface area contributed by atoms with E-state index in [4.69, 9.17) is 28.5 Å². The Kier molecular flexibility index (Phi) is 6.48. The maximum absolute atomic E-state index is 13.1. The van der Waals surface area contributed by atoms with Crippen LogP contribution in [-0.4, -0.2) is 26.9 Å². The summed E-state index contributed by atoms with van der Waals surface area (Å²) in [5, 5.41) is 25.5. The van der Waals surface area contributed by atoms with Crippen molar-refractivity contribution in [3.05, 3.63) is 63.5 Å². The lowest BCUT2D eigenvalue weighted by Gasteiger charge is -2.15. The van der Waals surface area contributed by atoms with E-state index >= 15 is 0 Å². The van der Waals surface area contributed by atoms with Crippen molar-refractivity contribution < 1.29 is 4.79 Å². The van der Waals surface area contributed by atoms with Crippen molar-refractivity contribution in [1.82, 2.24) is 14.8 Å². The van der Waals surface area contributed by atoms with Crippen LogP contribution < -0.4 is 5.32 Å². The van der Waals surface area contributed by atoms with Crippen molar-refractivity contribution >= 4 is 45.5 Å². The van der Waals surface area contributed by atoms with E-state index in [1.54, 1.807) is 43.6 Å². The first-order chi connectivity index (χ1) is 14.3. The number of aryl methyl sites for hydroxylation is 1. The van der Waals surface area contributed by atoms with Crippen LogP contribution in [0.4, 0.5) is 5.69 Å². The predicted octanol–water partition coefficient (Wildman–Crippen LogP) is 4.28. The molecule has 0 bridgehead atoms. The summed E-state index contributed by atoms with van der Waals surface area (Å²) >= 11 is 12.2. The first-order valence-corrected chi connectivity index (χ1v) is 10.7. The third-order valence-electron chi connectivity index (χ3n) is 4.01. The number of nitrogens with zero attached hydrogens (tertiary/aromatic N) is 6. The van der Waals surface area contributed by atoms with E-state index in [0.29, 0.717) is 26.7 Å². The van der Waals surface area contributed by atoms with Gasteiger partial charge in [0.15, 0.2) is 11.0 Å². The van der Waals surface area contributed by atoms with Gasteiger partial charge in [-0.2, -0.15) is 15.6 Å². The lowest BCUT2D eigenvalue weighted by molar-refractivity contribution is 0.101. The van der Waals surface area contributed by atoms with Crippen molar-refractivity contribution in [2.24, 2.45) is 4.36 Å². The number of hydrogen-bond donors (Lipinski definition) is 1. The quantitative estimate of drug-likeness (QED) is 0.586. The zero-order valence-corrected chi connectivity index (χ0v) is 18.0. The van der Waals surface area contributed by atoms with Crippen molar-refractivity contribution in [2.45, 2.75) is 11.8 Å². The highest BCUT2D eigenvalue weighted by Crippen LogP contribution is 2.28. The SMILES string of the molecule is Cc1cc(C#N)cc(/S(C)=N/C#N)c1NC(=O)c1cc(Cl)nn1-c1ncccc1Cl. The van der Waals surface area contributed by atoms with Gasteiger partial charge in [0, 0.05) is 17.2 Å². The number of pyridine rings is 1.